The summed E-state index contributed by atoms with van der Waals surface area (Å²) in [6, 6.07) is 0. The maximum absolute atomic E-state index is 4.11. The first-order valence-corrected chi connectivity index (χ1v) is 4.21. The zero-order chi connectivity index (χ0) is 6.27. The number of rotatable bonds is 1. The number of nitrogens with one attached hydrogen (secondary N) is 1. The third kappa shape index (κ3) is 1.06. The average molecular weight is 142 g/mol. The molecule has 0 spiro atoms. The highest BCUT2D eigenvalue weighted by molar-refractivity contribution is 8.14. The lowest BCUT2D eigenvalue weighted by Gasteiger charge is -2.03. The largest absolute Gasteiger partial charge is 0.296 e. The first-order chi connectivity index (χ1) is 4.36. The number of hydrazone groups is 1. The Morgan fingerprint density at radius 2 is 2.44 bits per heavy atom. The van der Waals surface area contributed by atoms with Gasteiger partial charge in [-0.15, -0.1) is 0 Å². The van der Waals surface area contributed by atoms with Gasteiger partial charge in [0.1, 0.15) is 0 Å². The molecule has 1 unspecified atom stereocenters. The zero-order valence-electron chi connectivity index (χ0n) is 5.42. The molecule has 3 heteroatoms. The van der Waals surface area contributed by atoms with E-state index in [1.807, 2.05) is 11.8 Å². The molecule has 0 amide bonds. The average Bonchev–Trinajstić information content (AvgIpc) is 2.58. The minimum Gasteiger partial charge on any atom is -0.296 e. The van der Waals surface area contributed by atoms with E-state index in [9.17, 15) is 0 Å². The summed E-state index contributed by atoms with van der Waals surface area (Å²) in [4.78, 5) is 0. The SMILES string of the molecule is CC1=NNC(C2CC2)S1. The molecule has 1 atom stereocenters. The highest BCUT2D eigenvalue weighted by Gasteiger charge is 2.34. The number of nitrogens with zero attached hydrogens (tertiary/aromatic N) is 1. The first kappa shape index (κ1) is 5.59. The Morgan fingerprint density at radius 3 is 2.89 bits per heavy atom. The van der Waals surface area contributed by atoms with Crippen LogP contribution in [-0.2, 0) is 0 Å². The second-order valence-corrected chi connectivity index (χ2v) is 3.97. The highest BCUT2D eigenvalue weighted by Crippen LogP contribution is 2.39. The van der Waals surface area contributed by atoms with Crippen molar-refractivity contribution in [3.8, 4) is 0 Å². The summed E-state index contributed by atoms with van der Waals surface area (Å²) in [5, 5.41) is 5.91. The van der Waals surface area contributed by atoms with Crippen molar-refractivity contribution in [1.82, 2.24) is 5.43 Å². The fraction of sp³-hybridized carbons (Fsp3) is 0.833. The Balaban J connectivity index is 1.91. The van der Waals surface area contributed by atoms with Crippen molar-refractivity contribution < 1.29 is 0 Å². The van der Waals surface area contributed by atoms with Gasteiger partial charge in [-0.3, -0.25) is 5.43 Å². The number of thioether (sulfide) groups is 1. The molecule has 0 saturated heterocycles. The normalized spacial score (nSPS) is 33.9. The number of hydrogen-bond acceptors (Lipinski definition) is 3. The van der Waals surface area contributed by atoms with Crippen molar-refractivity contribution in [1.29, 1.82) is 0 Å². The summed E-state index contributed by atoms with van der Waals surface area (Å²) in [6.07, 6.45) is 2.79. The van der Waals surface area contributed by atoms with Crippen molar-refractivity contribution in [2.75, 3.05) is 0 Å². The molecule has 2 rings (SSSR count). The maximum atomic E-state index is 4.11. The third-order valence-corrected chi connectivity index (χ3v) is 2.87. The van der Waals surface area contributed by atoms with Gasteiger partial charge >= 0.3 is 0 Å². The summed E-state index contributed by atoms with van der Waals surface area (Å²) in [7, 11) is 0. The third-order valence-electron chi connectivity index (χ3n) is 1.70. The molecule has 0 bridgehead atoms. The zero-order valence-corrected chi connectivity index (χ0v) is 6.24. The van der Waals surface area contributed by atoms with Gasteiger partial charge in [-0.2, -0.15) is 5.10 Å². The molecule has 2 aliphatic rings. The van der Waals surface area contributed by atoms with E-state index in [0.717, 1.165) is 5.92 Å². The van der Waals surface area contributed by atoms with Crippen molar-refractivity contribution in [2.45, 2.75) is 25.1 Å². The second-order valence-electron chi connectivity index (χ2n) is 2.64. The lowest BCUT2D eigenvalue weighted by molar-refractivity contribution is 0.637. The molecule has 1 fully saturated rings. The van der Waals surface area contributed by atoms with E-state index in [2.05, 4.69) is 17.5 Å². The van der Waals surface area contributed by atoms with E-state index in [1.165, 1.54) is 17.9 Å². The molecular formula is C6H10N2S. The van der Waals surface area contributed by atoms with E-state index in [4.69, 9.17) is 0 Å². The summed E-state index contributed by atoms with van der Waals surface area (Å²) >= 11 is 1.87. The minimum absolute atomic E-state index is 0.616. The molecule has 2 nitrogen and oxygen atoms in total. The van der Waals surface area contributed by atoms with Gasteiger partial charge in [-0.1, -0.05) is 11.8 Å². The van der Waals surface area contributed by atoms with Crippen molar-refractivity contribution in [2.24, 2.45) is 11.0 Å². The maximum Gasteiger partial charge on any atom is 0.0978 e. The molecule has 1 heterocycles. The van der Waals surface area contributed by atoms with Crippen LogP contribution in [0.15, 0.2) is 5.10 Å². The fourth-order valence-corrected chi connectivity index (χ4v) is 2.03. The molecule has 0 radical (unpaired) electrons. The van der Waals surface area contributed by atoms with Crippen LogP contribution in [-0.4, -0.2) is 10.4 Å². The van der Waals surface area contributed by atoms with Crippen LogP contribution >= 0.6 is 11.8 Å². The number of hydrogen-bond donors (Lipinski definition) is 1. The Morgan fingerprint density at radius 1 is 1.67 bits per heavy atom. The predicted octanol–water partition coefficient (Wildman–Crippen LogP) is 1.39. The van der Waals surface area contributed by atoms with E-state index in [0.29, 0.717) is 5.37 Å². The monoisotopic (exact) mass is 142 g/mol. The smallest absolute Gasteiger partial charge is 0.0978 e. The van der Waals surface area contributed by atoms with Crippen LogP contribution in [0.4, 0.5) is 0 Å². The molecule has 1 saturated carbocycles. The Kier molecular flexibility index (Phi) is 1.18. The Labute approximate surface area is 59.1 Å². The van der Waals surface area contributed by atoms with Crippen LogP contribution in [0.2, 0.25) is 0 Å². The quantitative estimate of drug-likeness (QED) is 0.598. The van der Waals surface area contributed by atoms with Crippen LogP contribution in [0.3, 0.4) is 0 Å². The summed E-state index contributed by atoms with van der Waals surface area (Å²) in [6.45, 7) is 2.06. The van der Waals surface area contributed by atoms with Gasteiger partial charge in [-0.25, -0.2) is 0 Å². The van der Waals surface area contributed by atoms with Crippen molar-refractivity contribution in [3.05, 3.63) is 0 Å². The minimum atomic E-state index is 0.616. The van der Waals surface area contributed by atoms with Gasteiger partial charge in [0.15, 0.2) is 0 Å². The lowest BCUT2D eigenvalue weighted by atomic mass is 10.4. The molecule has 0 aromatic rings. The van der Waals surface area contributed by atoms with Gasteiger partial charge in [0, 0.05) is 0 Å². The van der Waals surface area contributed by atoms with Crippen molar-refractivity contribution >= 4 is 16.8 Å². The van der Waals surface area contributed by atoms with Crippen LogP contribution in [0, 0.1) is 5.92 Å². The Hall–Kier alpha value is -0.180. The van der Waals surface area contributed by atoms with E-state index in [-0.39, 0.29) is 0 Å². The van der Waals surface area contributed by atoms with Gasteiger partial charge in [0.2, 0.25) is 0 Å². The van der Waals surface area contributed by atoms with E-state index in [1.54, 1.807) is 0 Å². The van der Waals surface area contributed by atoms with E-state index < -0.39 is 0 Å². The molecule has 0 aromatic heterocycles. The van der Waals surface area contributed by atoms with Crippen LogP contribution in [0.5, 0.6) is 0 Å². The second kappa shape index (κ2) is 1.90. The summed E-state index contributed by atoms with van der Waals surface area (Å²) < 4.78 is 0. The molecule has 1 aliphatic carbocycles. The van der Waals surface area contributed by atoms with Crippen molar-refractivity contribution in [3.63, 3.8) is 0 Å². The molecular weight excluding hydrogens is 132 g/mol. The predicted molar refractivity (Wildman–Crippen MR) is 40.3 cm³/mol. The molecule has 1 N–H and O–H groups in total. The lowest BCUT2D eigenvalue weighted by Crippen LogP contribution is -2.17. The Bertz CT molecular complexity index is 151. The first-order valence-electron chi connectivity index (χ1n) is 3.33. The van der Waals surface area contributed by atoms with Gasteiger partial charge in [0.25, 0.3) is 0 Å². The summed E-state index contributed by atoms with van der Waals surface area (Å²) in [5.41, 5.74) is 3.12. The molecule has 9 heavy (non-hydrogen) atoms. The van der Waals surface area contributed by atoms with E-state index >= 15 is 0 Å². The van der Waals surface area contributed by atoms with Gasteiger partial charge in [0.05, 0.1) is 10.4 Å². The topological polar surface area (TPSA) is 24.4 Å². The fourth-order valence-electron chi connectivity index (χ4n) is 0.992. The van der Waals surface area contributed by atoms with Crippen LogP contribution in [0.1, 0.15) is 19.8 Å². The highest BCUT2D eigenvalue weighted by atomic mass is 32.2. The van der Waals surface area contributed by atoms with Gasteiger partial charge in [-0.05, 0) is 25.7 Å². The molecule has 1 aliphatic heterocycles. The molecule has 50 valence electrons. The van der Waals surface area contributed by atoms with Crippen LogP contribution < -0.4 is 5.43 Å². The molecule has 0 aromatic carbocycles. The van der Waals surface area contributed by atoms with Gasteiger partial charge < -0.3 is 0 Å². The van der Waals surface area contributed by atoms with Crippen LogP contribution in [0.25, 0.3) is 0 Å². The standard InChI is InChI=1S/C6H10N2S/c1-4-7-8-6(9-4)5-2-3-5/h5-6,8H,2-3H2,1H3. The summed E-state index contributed by atoms with van der Waals surface area (Å²) in [5.74, 6) is 0.913.